The van der Waals surface area contributed by atoms with Crippen molar-refractivity contribution in [3.63, 3.8) is 0 Å². The smallest absolute Gasteiger partial charge is 0.163 e. The van der Waals surface area contributed by atoms with Gasteiger partial charge in [-0.3, -0.25) is 9.79 Å². The number of Topliss-reactive ketones (excluding diaryl/α,β-unsaturated/α-hetero) is 1. The maximum Gasteiger partial charge on any atom is 0.163 e. The fourth-order valence-electron chi connectivity index (χ4n) is 3.68. The average molecular weight is 424 g/mol. The zero-order valence-corrected chi connectivity index (χ0v) is 20.1. The molecule has 0 aromatic heterocycles. The van der Waals surface area contributed by atoms with Gasteiger partial charge in [-0.15, -0.1) is 0 Å². The Morgan fingerprint density at radius 2 is 1.74 bits per heavy atom. The lowest BCUT2D eigenvalue weighted by Crippen LogP contribution is -2.16. The molecule has 2 aromatic rings. The Bertz CT molecular complexity index is 901. The molecule has 4 heteroatoms. The molecule has 0 radical (unpaired) electrons. The minimum atomic E-state index is -0.0436. The van der Waals surface area contributed by atoms with Crippen molar-refractivity contribution in [1.29, 1.82) is 0 Å². The summed E-state index contributed by atoms with van der Waals surface area (Å²) in [6.07, 6.45) is 5.03. The summed E-state index contributed by atoms with van der Waals surface area (Å²) in [5.41, 5.74) is 3.92. The van der Waals surface area contributed by atoms with Crippen LogP contribution < -0.4 is 9.47 Å². The molecule has 0 aliphatic carbocycles. The van der Waals surface area contributed by atoms with Crippen molar-refractivity contribution >= 4 is 17.7 Å². The molecule has 2 unspecified atom stereocenters. The van der Waals surface area contributed by atoms with Crippen LogP contribution in [0.2, 0.25) is 0 Å². The number of ether oxygens (including phenoxy) is 2. The topological polar surface area (TPSA) is 47.9 Å². The third kappa shape index (κ3) is 6.68. The maximum absolute atomic E-state index is 12.3. The first-order valence-corrected chi connectivity index (χ1v) is 11.3. The molecule has 0 amide bonds. The van der Waals surface area contributed by atoms with E-state index in [9.17, 15) is 4.79 Å². The number of carbonyl (C=O) groups excluding carboxylic acids is 1. The third-order valence-corrected chi connectivity index (χ3v) is 5.76. The van der Waals surface area contributed by atoms with Crippen molar-refractivity contribution < 1.29 is 14.3 Å². The summed E-state index contributed by atoms with van der Waals surface area (Å²) in [4.78, 5) is 17.1. The fraction of sp³-hybridized carbons (Fsp3) is 0.481. The van der Waals surface area contributed by atoms with E-state index in [0.29, 0.717) is 28.7 Å². The second-order valence-electron chi connectivity index (χ2n) is 8.40. The molecule has 0 saturated heterocycles. The fourth-order valence-corrected chi connectivity index (χ4v) is 3.68. The molecule has 4 nitrogen and oxygen atoms in total. The van der Waals surface area contributed by atoms with Crippen molar-refractivity contribution in [2.75, 3.05) is 7.11 Å². The van der Waals surface area contributed by atoms with E-state index in [4.69, 9.17) is 14.5 Å². The average Bonchev–Trinajstić information content (AvgIpc) is 2.75. The normalized spacial score (nSPS) is 13.4. The molecule has 0 fully saturated rings. The lowest BCUT2D eigenvalue weighted by atomic mass is 9.85. The highest BCUT2D eigenvalue weighted by Crippen LogP contribution is 2.36. The Hall–Kier alpha value is -2.62. The van der Waals surface area contributed by atoms with Gasteiger partial charge in [-0.1, -0.05) is 51.5 Å². The summed E-state index contributed by atoms with van der Waals surface area (Å²) in [6.45, 7) is 12.1. The third-order valence-electron chi connectivity index (χ3n) is 5.76. The number of aliphatic imine (C=N–C) groups is 1. The lowest BCUT2D eigenvalue weighted by molar-refractivity contribution is 0.101. The molecule has 2 atom stereocenters. The Kier molecular flexibility index (Phi) is 9.29. The first-order chi connectivity index (χ1) is 14.8. The van der Waals surface area contributed by atoms with Crippen molar-refractivity contribution in [3.8, 4) is 11.5 Å². The second kappa shape index (κ2) is 11.7. The van der Waals surface area contributed by atoms with Crippen molar-refractivity contribution in [1.82, 2.24) is 0 Å². The highest BCUT2D eigenvalue weighted by atomic mass is 16.5. The van der Waals surface area contributed by atoms with Crippen LogP contribution in [-0.2, 0) is 12.8 Å². The molecule has 2 aromatic carbocycles. The lowest BCUT2D eigenvalue weighted by Gasteiger charge is -2.21. The van der Waals surface area contributed by atoms with E-state index in [1.54, 1.807) is 20.1 Å². The van der Waals surface area contributed by atoms with E-state index in [2.05, 4.69) is 45.0 Å². The van der Waals surface area contributed by atoms with Gasteiger partial charge in [0.1, 0.15) is 0 Å². The van der Waals surface area contributed by atoms with Crippen molar-refractivity contribution in [2.45, 2.75) is 66.9 Å². The Morgan fingerprint density at radius 3 is 2.29 bits per heavy atom. The molecule has 0 aliphatic rings. The van der Waals surface area contributed by atoms with Crippen LogP contribution in [-0.4, -0.2) is 25.2 Å². The number of rotatable bonds is 11. The van der Waals surface area contributed by atoms with Gasteiger partial charge in [0.25, 0.3) is 0 Å². The van der Waals surface area contributed by atoms with Gasteiger partial charge in [0.05, 0.1) is 18.9 Å². The molecule has 0 bridgehead atoms. The number of aryl methyl sites for hydroxylation is 1. The molecule has 0 saturated carbocycles. The predicted molar refractivity (Wildman–Crippen MR) is 129 cm³/mol. The van der Waals surface area contributed by atoms with Crippen molar-refractivity contribution in [2.24, 2.45) is 16.8 Å². The number of carbonyl (C=O) groups is 1. The molecular formula is C27H37NO3. The molecular weight excluding hydrogens is 386 g/mol. The standard InChI is InChI=1S/C27H37NO3/c1-8-19(5)23(14-22-13-11-10-12-21(22)9-2)17-28-25-16-27(31-18(3)4)26(30-7)15-24(25)20(6)29/h10-13,15-19,23H,8-9,14H2,1-7H3. The van der Waals surface area contributed by atoms with Gasteiger partial charge in [0.2, 0.25) is 0 Å². The van der Waals surface area contributed by atoms with Crippen molar-refractivity contribution in [3.05, 3.63) is 53.1 Å². The molecule has 0 spiro atoms. The number of nitrogens with zero attached hydrogens (tertiary/aromatic N) is 1. The van der Waals surface area contributed by atoms with E-state index in [0.717, 1.165) is 19.3 Å². The summed E-state index contributed by atoms with van der Waals surface area (Å²) in [6, 6.07) is 12.2. The van der Waals surface area contributed by atoms with E-state index in [1.165, 1.54) is 11.1 Å². The van der Waals surface area contributed by atoms with Gasteiger partial charge in [-0.05, 0) is 56.7 Å². The molecule has 168 valence electrons. The number of hydrogen-bond donors (Lipinski definition) is 0. The van der Waals surface area contributed by atoms with Gasteiger partial charge in [0.15, 0.2) is 17.3 Å². The number of ketones is 1. The quantitative estimate of drug-likeness (QED) is 0.293. The molecule has 0 N–H and O–H groups in total. The zero-order chi connectivity index (χ0) is 23.0. The van der Waals surface area contributed by atoms with Gasteiger partial charge < -0.3 is 9.47 Å². The highest BCUT2D eigenvalue weighted by molar-refractivity contribution is 6.00. The summed E-state index contributed by atoms with van der Waals surface area (Å²) in [5.74, 6) is 1.85. The largest absolute Gasteiger partial charge is 0.493 e. The van der Waals surface area contributed by atoms with E-state index in [-0.39, 0.29) is 17.8 Å². The minimum absolute atomic E-state index is 0.00712. The summed E-state index contributed by atoms with van der Waals surface area (Å²) in [7, 11) is 1.58. The van der Waals surface area contributed by atoms with Crippen LogP contribution in [0.5, 0.6) is 11.5 Å². The monoisotopic (exact) mass is 423 g/mol. The van der Waals surface area contributed by atoms with Gasteiger partial charge in [-0.2, -0.15) is 0 Å². The number of methoxy groups -OCH3 is 1. The first kappa shape index (κ1) is 24.6. The zero-order valence-electron chi connectivity index (χ0n) is 20.1. The number of hydrogen-bond acceptors (Lipinski definition) is 4. The van der Waals surface area contributed by atoms with E-state index in [1.807, 2.05) is 26.1 Å². The van der Waals surface area contributed by atoms with Crippen LogP contribution in [0.1, 0.15) is 69.4 Å². The van der Waals surface area contributed by atoms with Crippen LogP contribution >= 0.6 is 0 Å². The molecule has 31 heavy (non-hydrogen) atoms. The van der Waals surface area contributed by atoms with Crippen LogP contribution in [0.3, 0.4) is 0 Å². The van der Waals surface area contributed by atoms with Crippen LogP contribution in [0, 0.1) is 11.8 Å². The number of benzene rings is 2. The minimum Gasteiger partial charge on any atom is -0.493 e. The van der Waals surface area contributed by atoms with E-state index < -0.39 is 0 Å². The second-order valence-corrected chi connectivity index (χ2v) is 8.40. The molecule has 0 heterocycles. The van der Waals surface area contributed by atoms with Crippen LogP contribution in [0.4, 0.5) is 5.69 Å². The molecule has 2 rings (SSSR count). The van der Waals surface area contributed by atoms with E-state index >= 15 is 0 Å². The Morgan fingerprint density at radius 1 is 1.06 bits per heavy atom. The summed E-state index contributed by atoms with van der Waals surface area (Å²) < 4.78 is 11.4. The summed E-state index contributed by atoms with van der Waals surface area (Å²) >= 11 is 0. The summed E-state index contributed by atoms with van der Waals surface area (Å²) in [5, 5.41) is 0. The van der Waals surface area contributed by atoms with Crippen LogP contribution in [0.15, 0.2) is 41.4 Å². The van der Waals surface area contributed by atoms with Gasteiger partial charge in [0, 0.05) is 23.8 Å². The predicted octanol–water partition coefficient (Wildman–Crippen LogP) is 6.85. The SMILES string of the molecule is CCc1ccccc1CC(C=Nc1cc(OC(C)C)c(OC)cc1C(C)=O)C(C)CC. The first-order valence-electron chi connectivity index (χ1n) is 11.3. The van der Waals surface area contributed by atoms with Gasteiger partial charge in [-0.25, -0.2) is 0 Å². The van der Waals surface area contributed by atoms with Gasteiger partial charge >= 0.3 is 0 Å². The Balaban J connectivity index is 2.45. The molecule has 0 aliphatic heterocycles. The maximum atomic E-state index is 12.3. The highest BCUT2D eigenvalue weighted by Gasteiger charge is 2.18. The van der Waals surface area contributed by atoms with Crippen LogP contribution in [0.25, 0.3) is 0 Å². The Labute approximate surface area is 187 Å².